The Hall–Kier alpha value is -3.08. The number of rotatable bonds is 5. The molecule has 0 aromatic heterocycles. The number of thiocarbonyl (C=S) groups is 1. The number of anilines is 1. The summed E-state index contributed by atoms with van der Waals surface area (Å²) in [7, 11) is 3.64. The van der Waals surface area contributed by atoms with Gasteiger partial charge in [0.2, 0.25) is 11.6 Å². The van der Waals surface area contributed by atoms with Crippen LogP contribution in [0.4, 0.5) is 23.2 Å². The molecule has 0 saturated heterocycles. The van der Waals surface area contributed by atoms with Crippen LogP contribution in [-0.4, -0.2) is 32.3 Å². The van der Waals surface area contributed by atoms with Crippen molar-refractivity contribution in [1.82, 2.24) is 5.32 Å². The summed E-state index contributed by atoms with van der Waals surface area (Å²) in [6, 6.07) is 4.58. The van der Waals surface area contributed by atoms with E-state index >= 15 is 0 Å². The second kappa shape index (κ2) is 8.74. The number of ether oxygens (including phenoxy) is 3. The number of nitrogens with one attached hydrogen (secondary N) is 2. The van der Waals surface area contributed by atoms with Crippen LogP contribution in [0.15, 0.2) is 18.2 Å². The molecule has 150 valence electrons. The first kappa shape index (κ1) is 21.2. The van der Waals surface area contributed by atoms with E-state index < -0.39 is 45.6 Å². The van der Waals surface area contributed by atoms with Crippen molar-refractivity contribution in [3.05, 3.63) is 47.0 Å². The van der Waals surface area contributed by atoms with Crippen molar-refractivity contribution in [3.8, 4) is 17.2 Å². The van der Waals surface area contributed by atoms with E-state index in [2.05, 4.69) is 10.1 Å². The van der Waals surface area contributed by atoms with Gasteiger partial charge in [-0.05, 0) is 24.4 Å². The van der Waals surface area contributed by atoms with E-state index in [0.29, 0.717) is 11.4 Å². The number of hydrogen-bond acceptors (Lipinski definition) is 5. The quantitative estimate of drug-likeness (QED) is 0.441. The van der Waals surface area contributed by atoms with Crippen LogP contribution in [0.2, 0.25) is 0 Å². The van der Waals surface area contributed by atoms with Crippen molar-refractivity contribution in [1.29, 1.82) is 0 Å². The van der Waals surface area contributed by atoms with E-state index in [-0.39, 0.29) is 5.75 Å². The zero-order valence-corrected chi connectivity index (χ0v) is 15.6. The van der Waals surface area contributed by atoms with Gasteiger partial charge >= 0.3 is 0 Å². The first-order valence-corrected chi connectivity index (χ1v) is 7.90. The van der Waals surface area contributed by atoms with Gasteiger partial charge in [0.1, 0.15) is 17.1 Å². The Morgan fingerprint density at radius 1 is 0.929 bits per heavy atom. The number of amides is 1. The summed E-state index contributed by atoms with van der Waals surface area (Å²) in [5, 5.41) is 4.11. The number of halogens is 4. The molecule has 0 aliphatic rings. The SMILES string of the molecule is COc1ccc(NC(=S)NC(=O)c2c(F)c(F)c(OC)c(F)c2F)c(OC)c1. The lowest BCUT2D eigenvalue weighted by atomic mass is 10.1. The molecule has 0 radical (unpaired) electrons. The molecule has 6 nitrogen and oxygen atoms in total. The Balaban J connectivity index is 2.26. The van der Waals surface area contributed by atoms with Gasteiger partial charge in [-0.15, -0.1) is 0 Å². The Labute approximate surface area is 162 Å². The molecule has 28 heavy (non-hydrogen) atoms. The van der Waals surface area contributed by atoms with Crippen LogP contribution in [0.3, 0.4) is 0 Å². The van der Waals surface area contributed by atoms with E-state index in [0.717, 1.165) is 7.11 Å². The van der Waals surface area contributed by atoms with Crippen LogP contribution in [-0.2, 0) is 0 Å². The number of carbonyl (C=O) groups excluding carboxylic acids is 1. The molecule has 2 rings (SSSR count). The molecule has 0 fully saturated rings. The normalized spacial score (nSPS) is 10.2. The highest BCUT2D eigenvalue weighted by Gasteiger charge is 2.30. The fraction of sp³-hybridized carbons (Fsp3) is 0.176. The van der Waals surface area contributed by atoms with Crippen LogP contribution in [0, 0.1) is 23.3 Å². The summed E-state index contributed by atoms with van der Waals surface area (Å²) < 4.78 is 69.9. The van der Waals surface area contributed by atoms with Crippen LogP contribution in [0.1, 0.15) is 10.4 Å². The summed E-state index contributed by atoms with van der Waals surface area (Å²) >= 11 is 4.89. The molecule has 0 aliphatic heterocycles. The molecular formula is C17H14F4N2O4S. The van der Waals surface area contributed by atoms with Gasteiger partial charge in [0, 0.05) is 6.07 Å². The number of benzene rings is 2. The van der Waals surface area contributed by atoms with Gasteiger partial charge in [-0.2, -0.15) is 8.78 Å². The molecule has 2 N–H and O–H groups in total. The molecule has 0 atom stereocenters. The van der Waals surface area contributed by atoms with Crippen LogP contribution < -0.4 is 24.8 Å². The lowest BCUT2D eigenvalue weighted by Gasteiger charge is -2.15. The zero-order valence-electron chi connectivity index (χ0n) is 14.8. The van der Waals surface area contributed by atoms with Gasteiger partial charge in [0.05, 0.1) is 27.0 Å². The van der Waals surface area contributed by atoms with Crippen molar-refractivity contribution in [2.45, 2.75) is 0 Å². The molecule has 0 spiro atoms. The number of carbonyl (C=O) groups is 1. The molecule has 1 amide bonds. The smallest absolute Gasteiger partial charge is 0.263 e. The molecule has 0 saturated carbocycles. The van der Waals surface area contributed by atoms with Crippen molar-refractivity contribution >= 4 is 28.9 Å². The minimum absolute atomic E-state index is 0.287. The Morgan fingerprint density at radius 3 is 2.04 bits per heavy atom. The Bertz CT molecular complexity index is 911. The maximum absolute atomic E-state index is 14.0. The molecule has 11 heteroatoms. The van der Waals surface area contributed by atoms with E-state index in [9.17, 15) is 22.4 Å². The zero-order chi connectivity index (χ0) is 21.0. The lowest BCUT2D eigenvalue weighted by Crippen LogP contribution is -2.35. The fourth-order valence-corrected chi connectivity index (χ4v) is 2.41. The molecule has 2 aromatic rings. The standard InChI is InChI=1S/C17H14F4N2O4S/c1-25-7-4-5-8(9(6-7)26-2)22-17(28)23-16(24)10-11(18)13(20)15(27-3)14(21)12(10)19/h4-6H,1-3H3,(H2,22,23,24,28). The van der Waals surface area contributed by atoms with E-state index in [1.165, 1.54) is 26.4 Å². The van der Waals surface area contributed by atoms with Crippen molar-refractivity contribution in [2.24, 2.45) is 0 Å². The highest BCUT2D eigenvalue weighted by Crippen LogP contribution is 2.30. The Kier molecular flexibility index (Phi) is 6.62. The summed E-state index contributed by atoms with van der Waals surface area (Å²) in [5.41, 5.74) is -1.19. The van der Waals surface area contributed by atoms with Gasteiger partial charge in [0.15, 0.2) is 22.5 Å². The van der Waals surface area contributed by atoms with Gasteiger partial charge < -0.3 is 19.5 Å². The average molecular weight is 418 g/mol. The third-order valence-electron chi connectivity index (χ3n) is 3.54. The molecule has 0 bridgehead atoms. The molecular weight excluding hydrogens is 404 g/mol. The predicted octanol–water partition coefficient (Wildman–Crippen LogP) is 3.40. The minimum Gasteiger partial charge on any atom is -0.497 e. The first-order chi connectivity index (χ1) is 13.2. The molecule has 2 aromatic carbocycles. The third kappa shape index (κ3) is 4.09. The highest BCUT2D eigenvalue weighted by molar-refractivity contribution is 7.80. The lowest BCUT2D eigenvalue weighted by molar-refractivity contribution is 0.0966. The highest BCUT2D eigenvalue weighted by atomic mass is 32.1. The number of hydrogen-bond donors (Lipinski definition) is 2. The maximum atomic E-state index is 14.0. The van der Waals surface area contributed by atoms with Gasteiger partial charge in [-0.3, -0.25) is 10.1 Å². The largest absolute Gasteiger partial charge is 0.497 e. The van der Waals surface area contributed by atoms with E-state index in [4.69, 9.17) is 21.7 Å². The van der Waals surface area contributed by atoms with Gasteiger partial charge in [-0.1, -0.05) is 0 Å². The van der Waals surface area contributed by atoms with Crippen LogP contribution in [0.5, 0.6) is 17.2 Å². The molecule has 0 aliphatic carbocycles. The first-order valence-electron chi connectivity index (χ1n) is 7.49. The summed E-state index contributed by atoms with van der Waals surface area (Å²) in [6.07, 6.45) is 0. The van der Waals surface area contributed by atoms with Crippen molar-refractivity contribution in [2.75, 3.05) is 26.6 Å². The summed E-state index contributed by atoms with van der Waals surface area (Å²) in [5.74, 6) is -9.54. The topological polar surface area (TPSA) is 68.8 Å². The van der Waals surface area contributed by atoms with Crippen LogP contribution in [0.25, 0.3) is 0 Å². The van der Waals surface area contributed by atoms with E-state index in [1.807, 2.05) is 5.32 Å². The second-order valence-corrected chi connectivity index (χ2v) is 5.55. The second-order valence-electron chi connectivity index (χ2n) is 5.14. The minimum atomic E-state index is -1.92. The summed E-state index contributed by atoms with van der Waals surface area (Å²) in [4.78, 5) is 12.1. The van der Waals surface area contributed by atoms with Gasteiger partial charge in [-0.25, -0.2) is 8.78 Å². The molecule has 0 heterocycles. The van der Waals surface area contributed by atoms with Crippen molar-refractivity contribution in [3.63, 3.8) is 0 Å². The van der Waals surface area contributed by atoms with E-state index in [1.54, 1.807) is 6.07 Å². The fourth-order valence-electron chi connectivity index (χ4n) is 2.21. The predicted molar refractivity (Wildman–Crippen MR) is 96.1 cm³/mol. The monoisotopic (exact) mass is 418 g/mol. The average Bonchev–Trinajstić information content (AvgIpc) is 2.67. The van der Waals surface area contributed by atoms with Crippen molar-refractivity contribution < 1.29 is 36.6 Å². The maximum Gasteiger partial charge on any atom is 0.263 e. The molecule has 0 unspecified atom stereocenters. The third-order valence-corrected chi connectivity index (χ3v) is 3.74. The number of methoxy groups -OCH3 is 3. The van der Waals surface area contributed by atoms with Crippen LogP contribution >= 0.6 is 12.2 Å². The summed E-state index contributed by atoms with van der Waals surface area (Å²) in [6.45, 7) is 0. The Morgan fingerprint density at radius 2 is 1.54 bits per heavy atom. The van der Waals surface area contributed by atoms with Gasteiger partial charge in [0.25, 0.3) is 5.91 Å².